The van der Waals surface area contributed by atoms with Gasteiger partial charge < -0.3 is 14.7 Å². The summed E-state index contributed by atoms with van der Waals surface area (Å²) in [7, 11) is 0. The van der Waals surface area contributed by atoms with E-state index >= 15 is 0 Å². The van der Waals surface area contributed by atoms with Crippen LogP contribution in [0, 0.1) is 0 Å². The Bertz CT molecular complexity index is 2150. The average Bonchev–Trinajstić information content (AvgIpc) is 3.60. The molecule has 2 aliphatic heterocycles. The fourth-order valence-corrected chi connectivity index (χ4v) is 6.80. The van der Waals surface area contributed by atoms with Crippen molar-refractivity contribution in [2.45, 2.75) is 20.0 Å². The lowest BCUT2D eigenvalue weighted by atomic mass is 10.2. The largest absolute Gasteiger partial charge is 0.331 e. The Morgan fingerprint density at radius 3 is 1.85 bits per heavy atom. The average molecular weight is 613 g/mol. The zero-order chi connectivity index (χ0) is 31.7. The molecule has 6 aromatic rings. The highest BCUT2D eigenvalue weighted by Crippen LogP contribution is 2.47. The lowest BCUT2D eigenvalue weighted by Gasteiger charge is -2.29. The van der Waals surface area contributed by atoms with E-state index in [1.165, 1.54) is 0 Å². The van der Waals surface area contributed by atoms with Crippen LogP contribution in [-0.4, -0.2) is 29.2 Å². The molecule has 6 heteroatoms. The van der Waals surface area contributed by atoms with Crippen LogP contribution in [0.2, 0.25) is 0 Å². The van der Waals surface area contributed by atoms with E-state index in [0.717, 1.165) is 75.1 Å². The Balaban J connectivity index is 1.15. The van der Waals surface area contributed by atoms with E-state index in [4.69, 9.17) is 9.97 Å². The summed E-state index contributed by atoms with van der Waals surface area (Å²) in [6, 6.07) is 42.4. The summed E-state index contributed by atoms with van der Waals surface area (Å²) < 4.78 is 0. The molecule has 0 radical (unpaired) electrons. The number of allylic oxidation sites excluding steroid dienone is 4. The maximum Gasteiger partial charge on any atom is 0.159 e. The van der Waals surface area contributed by atoms with E-state index in [9.17, 15) is 0 Å². The van der Waals surface area contributed by atoms with E-state index in [2.05, 4.69) is 179 Å². The van der Waals surface area contributed by atoms with Crippen LogP contribution in [0.25, 0.3) is 21.8 Å². The van der Waals surface area contributed by atoms with E-state index in [1.807, 2.05) is 6.07 Å². The van der Waals surface area contributed by atoms with Crippen LogP contribution >= 0.6 is 0 Å². The summed E-state index contributed by atoms with van der Waals surface area (Å²) in [4.78, 5) is 19.6. The normalized spacial score (nSPS) is 16.8. The molecule has 4 heterocycles. The Kier molecular flexibility index (Phi) is 7.38. The number of para-hydroxylation sites is 4. The second-order valence-electron chi connectivity index (χ2n) is 11.7. The minimum Gasteiger partial charge on any atom is -0.331 e. The van der Waals surface area contributed by atoms with E-state index in [1.54, 1.807) is 0 Å². The minimum atomic E-state index is -0.0145. The van der Waals surface area contributed by atoms with Crippen molar-refractivity contribution in [3.63, 3.8) is 0 Å². The molecule has 2 aromatic heterocycles. The summed E-state index contributed by atoms with van der Waals surface area (Å²) in [5, 5.41) is 2.27. The molecule has 8 rings (SSSR count). The first-order valence-corrected chi connectivity index (χ1v) is 16.3. The molecule has 0 fully saturated rings. The van der Waals surface area contributed by atoms with Crippen molar-refractivity contribution in [3.05, 3.63) is 158 Å². The van der Waals surface area contributed by atoms with Crippen LogP contribution in [0.5, 0.6) is 0 Å². The molecule has 4 aromatic carbocycles. The molecule has 0 bridgehead atoms. The van der Waals surface area contributed by atoms with Gasteiger partial charge in [0.05, 0.1) is 22.4 Å². The molecule has 2 aliphatic rings. The second-order valence-corrected chi connectivity index (χ2v) is 11.7. The van der Waals surface area contributed by atoms with Crippen molar-refractivity contribution in [1.29, 1.82) is 0 Å². The number of pyridine rings is 2. The van der Waals surface area contributed by atoms with E-state index in [-0.39, 0.29) is 6.17 Å². The van der Waals surface area contributed by atoms with Gasteiger partial charge >= 0.3 is 0 Å². The van der Waals surface area contributed by atoms with Gasteiger partial charge in [-0.3, -0.25) is 4.90 Å². The molecule has 0 amide bonds. The standard InChI is InChI=1S/C41H36N6/c1-3-44-38(46(32-20-8-5-9-21-32)36-28-30-18-14-16-24-34(30)42-40(36)44)26-12-7-13-27-39-45(4-2)41-37(47(39)33-22-10-6-11-23-33)29-31-19-15-17-25-35(31)43-41/h5-29,38H,3-4H2,1-2H3/b13-7+,26-12+,39-27+. The Labute approximate surface area is 275 Å². The third-order valence-electron chi connectivity index (χ3n) is 8.94. The smallest absolute Gasteiger partial charge is 0.159 e. The molecular formula is C41H36N6. The predicted molar refractivity (Wildman–Crippen MR) is 197 cm³/mol. The van der Waals surface area contributed by atoms with Gasteiger partial charge in [-0.1, -0.05) is 91.0 Å². The highest BCUT2D eigenvalue weighted by Gasteiger charge is 2.36. The molecule has 0 aliphatic carbocycles. The van der Waals surface area contributed by atoms with Crippen LogP contribution in [0.4, 0.5) is 34.4 Å². The van der Waals surface area contributed by atoms with Gasteiger partial charge in [-0.05, 0) is 74.5 Å². The number of hydrogen-bond acceptors (Lipinski definition) is 6. The van der Waals surface area contributed by atoms with Gasteiger partial charge in [-0.25, -0.2) is 9.97 Å². The maximum atomic E-state index is 5.13. The summed E-state index contributed by atoms with van der Waals surface area (Å²) in [6.45, 7) is 6.01. The molecule has 0 saturated carbocycles. The van der Waals surface area contributed by atoms with Crippen LogP contribution < -0.4 is 19.6 Å². The second kappa shape index (κ2) is 12.1. The topological polar surface area (TPSA) is 38.7 Å². The van der Waals surface area contributed by atoms with Crippen LogP contribution in [-0.2, 0) is 0 Å². The van der Waals surface area contributed by atoms with Crippen LogP contribution in [0.3, 0.4) is 0 Å². The summed E-state index contributed by atoms with van der Waals surface area (Å²) in [6.07, 6.45) is 10.9. The third kappa shape index (κ3) is 4.99. The van der Waals surface area contributed by atoms with Gasteiger partial charge in [-0.15, -0.1) is 0 Å². The fraction of sp³-hybridized carbons (Fsp3) is 0.122. The number of hydrogen-bond donors (Lipinski definition) is 0. The van der Waals surface area contributed by atoms with Gasteiger partial charge in [-0.2, -0.15) is 0 Å². The van der Waals surface area contributed by atoms with Crippen molar-refractivity contribution < 1.29 is 0 Å². The van der Waals surface area contributed by atoms with Gasteiger partial charge in [0.2, 0.25) is 0 Å². The fourth-order valence-electron chi connectivity index (χ4n) is 6.80. The minimum absolute atomic E-state index is 0.0145. The monoisotopic (exact) mass is 612 g/mol. The van der Waals surface area contributed by atoms with E-state index in [0.29, 0.717) is 0 Å². The van der Waals surface area contributed by atoms with Crippen LogP contribution in [0.1, 0.15) is 13.8 Å². The molecule has 47 heavy (non-hydrogen) atoms. The number of rotatable bonds is 7. The van der Waals surface area contributed by atoms with Crippen LogP contribution in [0.15, 0.2) is 158 Å². The zero-order valence-electron chi connectivity index (χ0n) is 26.6. The van der Waals surface area contributed by atoms with Crippen molar-refractivity contribution in [3.8, 4) is 0 Å². The maximum absolute atomic E-state index is 5.13. The molecule has 0 spiro atoms. The van der Waals surface area contributed by atoms with Gasteiger partial charge in [0, 0.05) is 35.2 Å². The number of likely N-dealkylation sites (N-methyl/N-ethyl adjacent to an activating group) is 1. The predicted octanol–water partition coefficient (Wildman–Crippen LogP) is 9.72. The Morgan fingerprint density at radius 1 is 0.596 bits per heavy atom. The lowest BCUT2D eigenvalue weighted by molar-refractivity contribution is 0.743. The molecule has 0 saturated heterocycles. The van der Waals surface area contributed by atoms with Crippen molar-refractivity contribution in [2.75, 3.05) is 32.7 Å². The quantitative estimate of drug-likeness (QED) is 0.167. The summed E-state index contributed by atoms with van der Waals surface area (Å²) in [5.41, 5.74) is 6.48. The highest BCUT2D eigenvalue weighted by atomic mass is 15.4. The first kappa shape index (κ1) is 28.6. The summed E-state index contributed by atoms with van der Waals surface area (Å²) >= 11 is 0. The molecular weight excluding hydrogens is 576 g/mol. The van der Waals surface area contributed by atoms with Crippen molar-refractivity contribution in [1.82, 2.24) is 9.97 Å². The highest BCUT2D eigenvalue weighted by molar-refractivity contribution is 5.95. The number of nitrogens with zero attached hydrogens (tertiary/aromatic N) is 6. The number of anilines is 6. The molecule has 1 unspecified atom stereocenters. The summed E-state index contributed by atoms with van der Waals surface area (Å²) in [5.74, 6) is 3.06. The first-order valence-electron chi connectivity index (χ1n) is 16.3. The zero-order valence-corrected chi connectivity index (χ0v) is 26.6. The van der Waals surface area contributed by atoms with Gasteiger partial charge in [0.15, 0.2) is 11.6 Å². The first-order chi connectivity index (χ1) is 23.2. The van der Waals surface area contributed by atoms with E-state index < -0.39 is 0 Å². The lowest BCUT2D eigenvalue weighted by Crippen LogP contribution is -2.39. The van der Waals surface area contributed by atoms with Crippen molar-refractivity contribution >= 4 is 56.2 Å². The number of fused-ring (bicyclic) bond motifs is 4. The van der Waals surface area contributed by atoms with Gasteiger partial charge in [0.1, 0.15) is 12.0 Å². The molecule has 0 N–H and O–H groups in total. The Morgan fingerprint density at radius 2 is 1.19 bits per heavy atom. The van der Waals surface area contributed by atoms with Crippen molar-refractivity contribution in [2.24, 2.45) is 0 Å². The molecule has 230 valence electrons. The Hall–Kier alpha value is -5.88. The number of aromatic nitrogens is 2. The number of benzene rings is 4. The molecule has 1 atom stereocenters. The van der Waals surface area contributed by atoms with Gasteiger partial charge in [0.25, 0.3) is 0 Å². The molecule has 6 nitrogen and oxygen atoms in total. The third-order valence-corrected chi connectivity index (χ3v) is 8.94. The SMILES string of the molecule is CCN1\C(=C/C=C/C=C/C2N(CC)c3nc4ccccc4cc3N2c2ccccc2)N(c2ccccc2)c2cc3ccccc3nc21.